The molecule has 0 aliphatic heterocycles. The third-order valence-corrected chi connectivity index (χ3v) is 2.10. The van der Waals surface area contributed by atoms with Gasteiger partial charge in [0.15, 0.2) is 5.76 Å². The van der Waals surface area contributed by atoms with E-state index >= 15 is 0 Å². The Kier molecular flexibility index (Phi) is 2.81. The van der Waals surface area contributed by atoms with Gasteiger partial charge in [-0.15, -0.1) is 0 Å². The molecule has 0 bridgehead atoms. The number of carbonyl (C=O) groups excluding carboxylic acids is 1. The molecule has 0 amide bonds. The van der Waals surface area contributed by atoms with Crippen molar-refractivity contribution in [3.63, 3.8) is 0 Å². The molecule has 0 fully saturated rings. The molecule has 1 rings (SSSR count). The number of thioether (sulfide) groups is 1. The van der Waals surface area contributed by atoms with Crippen LogP contribution in [0.25, 0.3) is 0 Å². The van der Waals surface area contributed by atoms with Gasteiger partial charge in [-0.05, 0) is 6.26 Å². The summed E-state index contributed by atoms with van der Waals surface area (Å²) in [6, 6.07) is 0. The topological polar surface area (TPSA) is 43.1 Å². The van der Waals surface area contributed by atoms with Gasteiger partial charge in [0.05, 0.1) is 6.20 Å². The largest absolute Gasteiger partial charge is 0.428 e. The quantitative estimate of drug-likeness (QED) is 0.542. The van der Waals surface area contributed by atoms with Gasteiger partial charge in [-0.1, -0.05) is 32.5 Å². The summed E-state index contributed by atoms with van der Waals surface area (Å²) >= 11 is 1.39. The van der Waals surface area contributed by atoms with E-state index in [1.54, 1.807) is 0 Å². The molecule has 1 heterocycles. The van der Waals surface area contributed by atoms with Crippen molar-refractivity contribution in [3.8, 4) is 0 Å². The highest BCUT2D eigenvalue weighted by Crippen LogP contribution is 2.23. The Bertz CT molecular complexity index is 312. The zero-order chi connectivity index (χ0) is 10.1. The molecule has 72 valence electrons. The monoisotopic (exact) mass is 199 g/mol. The van der Waals surface area contributed by atoms with Gasteiger partial charge in [-0.3, -0.25) is 4.79 Å². The van der Waals surface area contributed by atoms with Crippen LogP contribution in [0.15, 0.2) is 15.8 Å². The minimum Gasteiger partial charge on any atom is -0.428 e. The molecule has 0 aromatic carbocycles. The lowest BCUT2D eigenvalue weighted by Crippen LogP contribution is -2.19. The van der Waals surface area contributed by atoms with E-state index in [4.69, 9.17) is 4.42 Å². The summed E-state index contributed by atoms with van der Waals surface area (Å²) in [6.07, 6.45) is 3.34. The van der Waals surface area contributed by atoms with Crippen LogP contribution in [0.3, 0.4) is 0 Å². The summed E-state index contributed by atoms with van der Waals surface area (Å²) in [7, 11) is 0. The number of hydrogen-bond acceptors (Lipinski definition) is 4. The average molecular weight is 199 g/mol. The Labute approximate surface area is 81.9 Å². The van der Waals surface area contributed by atoms with Crippen molar-refractivity contribution >= 4 is 17.5 Å². The fraction of sp³-hybridized carbons (Fsp3) is 0.556. The number of rotatable bonds is 2. The third-order valence-electron chi connectivity index (χ3n) is 1.56. The fourth-order valence-electron chi connectivity index (χ4n) is 0.827. The Morgan fingerprint density at radius 3 is 2.54 bits per heavy atom. The van der Waals surface area contributed by atoms with E-state index in [1.807, 2.05) is 27.0 Å². The maximum atomic E-state index is 11.7. The second-order valence-corrected chi connectivity index (χ2v) is 4.53. The molecular weight excluding hydrogens is 186 g/mol. The smallest absolute Gasteiger partial charge is 0.255 e. The molecule has 3 nitrogen and oxygen atoms in total. The van der Waals surface area contributed by atoms with Crippen LogP contribution < -0.4 is 0 Å². The first-order valence-corrected chi connectivity index (χ1v) is 5.22. The summed E-state index contributed by atoms with van der Waals surface area (Å²) in [6.45, 7) is 5.57. The van der Waals surface area contributed by atoms with Crippen LogP contribution in [0.4, 0.5) is 0 Å². The standard InChI is InChI=1S/C9H13NO2S/c1-9(2,3)7(11)6-5-10-8(12-6)13-4/h5H,1-4H3. The highest BCUT2D eigenvalue weighted by Gasteiger charge is 2.26. The van der Waals surface area contributed by atoms with E-state index in [0.29, 0.717) is 11.0 Å². The van der Waals surface area contributed by atoms with Gasteiger partial charge < -0.3 is 4.42 Å². The first kappa shape index (κ1) is 10.3. The van der Waals surface area contributed by atoms with Crippen LogP contribution in [0, 0.1) is 5.41 Å². The number of aromatic nitrogens is 1. The number of nitrogens with zero attached hydrogens (tertiary/aromatic N) is 1. The molecule has 0 unspecified atom stereocenters. The van der Waals surface area contributed by atoms with Crippen LogP contribution in [0.1, 0.15) is 31.3 Å². The van der Waals surface area contributed by atoms with E-state index in [-0.39, 0.29) is 5.78 Å². The van der Waals surface area contributed by atoms with Crippen molar-refractivity contribution in [1.29, 1.82) is 0 Å². The fourth-order valence-corrected chi connectivity index (χ4v) is 1.16. The van der Waals surface area contributed by atoms with Crippen LogP contribution in [-0.4, -0.2) is 17.0 Å². The van der Waals surface area contributed by atoms with Crippen LogP contribution in [-0.2, 0) is 0 Å². The molecule has 0 aliphatic carbocycles. The van der Waals surface area contributed by atoms with Crippen molar-refractivity contribution in [3.05, 3.63) is 12.0 Å². The first-order chi connectivity index (χ1) is 5.95. The highest BCUT2D eigenvalue weighted by atomic mass is 32.2. The van der Waals surface area contributed by atoms with Gasteiger partial charge in [0, 0.05) is 5.41 Å². The summed E-state index contributed by atoms with van der Waals surface area (Å²) < 4.78 is 5.22. The summed E-state index contributed by atoms with van der Waals surface area (Å²) in [4.78, 5) is 15.6. The van der Waals surface area contributed by atoms with Gasteiger partial charge in [-0.2, -0.15) is 0 Å². The van der Waals surface area contributed by atoms with Gasteiger partial charge in [0.25, 0.3) is 5.22 Å². The van der Waals surface area contributed by atoms with Crippen molar-refractivity contribution in [2.24, 2.45) is 5.41 Å². The molecule has 0 aliphatic rings. The maximum Gasteiger partial charge on any atom is 0.255 e. The molecule has 13 heavy (non-hydrogen) atoms. The van der Waals surface area contributed by atoms with E-state index in [9.17, 15) is 4.79 Å². The Morgan fingerprint density at radius 2 is 2.15 bits per heavy atom. The number of oxazole rings is 1. The molecule has 1 aromatic heterocycles. The number of hydrogen-bond donors (Lipinski definition) is 0. The third kappa shape index (κ3) is 2.34. The van der Waals surface area contributed by atoms with Gasteiger partial charge in [0.1, 0.15) is 0 Å². The van der Waals surface area contributed by atoms with Crippen LogP contribution >= 0.6 is 11.8 Å². The lowest BCUT2D eigenvalue weighted by Gasteiger charge is -2.13. The Hall–Kier alpha value is -0.770. The van der Waals surface area contributed by atoms with Gasteiger partial charge in [-0.25, -0.2) is 4.98 Å². The highest BCUT2D eigenvalue weighted by molar-refractivity contribution is 7.98. The van der Waals surface area contributed by atoms with E-state index in [0.717, 1.165) is 0 Å². The van der Waals surface area contributed by atoms with Crippen molar-refractivity contribution < 1.29 is 9.21 Å². The van der Waals surface area contributed by atoms with Crippen molar-refractivity contribution in [2.45, 2.75) is 26.0 Å². The zero-order valence-electron chi connectivity index (χ0n) is 8.25. The van der Waals surface area contributed by atoms with E-state index < -0.39 is 5.41 Å². The first-order valence-electron chi connectivity index (χ1n) is 4.00. The summed E-state index contributed by atoms with van der Waals surface area (Å²) in [5.41, 5.74) is -0.408. The molecule has 0 spiro atoms. The second-order valence-electron chi connectivity index (χ2n) is 3.77. The lowest BCUT2D eigenvalue weighted by molar-refractivity contribution is 0.0823. The molecule has 0 saturated heterocycles. The molecule has 1 aromatic rings. The average Bonchev–Trinajstić information content (AvgIpc) is 2.48. The Balaban J connectivity index is 2.90. The summed E-state index contributed by atoms with van der Waals surface area (Å²) in [5, 5.41) is 0.535. The second kappa shape index (κ2) is 3.54. The van der Waals surface area contributed by atoms with Crippen molar-refractivity contribution in [2.75, 3.05) is 6.26 Å². The van der Waals surface area contributed by atoms with Crippen LogP contribution in [0.2, 0.25) is 0 Å². The predicted octanol–water partition coefficient (Wildman–Crippen LogP) is 2.63. The zero-order valence-corrected chi connectivity index (χ0v) is 9.07. The molecule has 4 heteroatoms. The van der Waals surface area contributed by atoms with Gasteiger partial charge in [0.2, 0.25) is 5.78 Å². The summed E-state index contributed by atoms with van der Waals surface area (Å²) in [5.74, 6) is 0.331. The maximum absolute atomic E-state index is 11.7. The molecular formula is C9H13NO2S. The SMILES string of the molecule is CSc1ncc(C(=O)C(C)(C)C)o1. The minimum absolute atomic E-state index is 0.0136. The molecule has 0 saturated carbocycles. The number of carbonyl (C=O) groups is 1. The number of ketones is 1. The number of Topliss-reactive ketones (excluding diaryl/α,β-unsaturated/α-hetero) is 1. The van der Waals surface area contributed by atoms with Gasteiger partial charge >= 0.3 is 0 Å². The lowest BCUT2D eigenvalue weighted by atomic mass is 9.90. The van der Waals surface area contributed by atoms with Crippen molar-refractivity contribution in [1.82, 2.24) is 4.98 Å². The van der Waals surface area contributed by atoms with E-state index in [1.165, 1.54) is 18.0 Å². The molecule has 0 radical (unpaired) electrons. The molecule has 0 N–H and O–H groups in total. The normalized spacial score (nSPS) is 11.7. The Morgan fingerprint density at radius 1 is 1.54 bits per heavy atom. The van der Waals surface area contributed by atoms with Crippen LogP contribution in [0.5, 0.6) is 0 Å². The minimum atomic E-state index is -0.408. The predicted molar refractivity (Wildman–Crippen MR) is 52.1 cm³/mol. The van der Waals surface area contributed by atoms with E-state index in [2.05, 4.69) is 4.98 Å². The molecule has 0 atom stereocenters.